The standard InChI is InChI=1S/C23H15Cl2NO2/c24-16-10-15(11-17(25)12-16)20-8-9-21(28-20)23(27)26-19-7-6-14-5-4-13-2-1-3-18(19)22(13)14/h1-3,6-12H,4-5H2,(H,26,27). The zero-order valence-electron chi connectivity index (χ0n) is 14.8. The monoisotopic (exact) mass is 407 g/mol. The zero-order valence-corrected chi connectivity index (χ0v) is 16.3. The summed E-state index contributed by atoms with van der Waals surface area (Å²) in [6.45, 7) is 0. The number of rotatable bonds is 3. The first kappa shape index (κ1) is 17.4. The molecule has 1 aliphatic carbocycles. The maximum absolute atomic E-state index is 12.8. The van der Waals surface area contributed by atoms with Gasteiger partial charge in [-0.2, -0.15) is 0 Å². The minimum atomic E-state index is -0.293. The number of furan rings is 1. The van der Waals surface area contributed by atoms with Crippen molar-refractivity contribution in [1.29, 1.82) is 0 Å². The van der Waals surface area contributed by atoms with Crippen LogP contribution in [0.3, 0.4) is 0 Å². The number of nitrogens with one attached hydrogen (secondary N) is 1. The normalized spacial score (nSPS) is 12.5. The van der Waals surface area contributed by atoms with Crippen LogP contribution in [0.25, 0.3) is 22.1 Å². The van der Waals surface area contributed by atoms with Crippen LogP contribution in [0.1, 0.15) is 21.7 Å². The summed E-state index contributed by atoms with van der Waals surface area (Å²) in [5.74, 6) is 0.474. The van der Waals surface area contributed by atoms with Crippen LogP contribution in [0, 0.1) is 0 Å². The second kappa shape index (κ2) is 6.69. The van der Waals surface area contributed by atoms with Gasteiger partial charge in [-0.25, -0.2) is 0 Å². The largest absolute Gasteiger partial charge is 0.451 e. The summed E-state index contributed by atoms with van der Waals surface area (Å²) in [5.41, 5.74) is 4.18. The minimum Gasteiger partial charge on any atom is -0.451 e. The highest BCUT2D eigenvalue weighted by Gasteiger charge is 2.18. The summed E-state index contributed by atoms with van der Waals surface area (Å²) < 4.78 is 5.76. The van der Waals surface area contributed by atoms with E-state index in [2.05, 4.69) is 17.4 Å². The van der Waals surface area contributed by atoms with E-state index in [0.717, 1.165) is 29.5 Å². The fourth-order valence-electron chi connectivity index (χ4n) is 3.85. The van der Waals surface area contributed by atoms with Crippen LogP contribution < -0.4 is 5.32 Å². The molecule has 28 heavy (non-hydrogen) atoms. The average Bonchev–Trinajstić information content (AvgIpc) is 3.32. The molecule has 1 aromatic heterocycles. The fraction of sp³-hybridized carbons (Fsp3) is 0.0870. The SMILES string of the molecule is O=C(Nc1ccc2c3c(cccc13)CC2)c1ccc(-c2cc(Cl)cc(Cl)c2)o1. The third kappa shape index (κ3) is 2.97. The van der Waals surface area contributed by atoms with Crippen molar-refractivity contribution in [3.05, 3.63) is 87.6 Å². The second-order valence-electron chi connectivity index (χ2n) is 6.89. The first-order valence-electron chi connectivity index (χ1n) is 8.99. The molecule has 0 radical (unpaired) electrons. The lowest BCUT2D eigenvalue weighted by atomic mass is 10.0. The molecule has 4 aromatic rings. The smallest absolute Gasteiger partial charge is 0.291 e. The molecule has 5 heteroatoms. The van der Waals surface area contributed by atoms with Gasteiger partial charge in [-0.1, -0.05) is 47.5 Å². The van der Waals surface area contributed by atoms with Crippen LogP contribution >= 0.6 is 23.2 Å². The van der Waals surface area contributed by atoms with Gasteiger partial charge in [0.2, 0.25) is 0 Å². The Kier molecular flexibility index (Phi) is 4.15. The van der Waals surface area contributed by atoms with Gasteiger partial charge in [0.1, 0.15) is 5.76 Å². The summed E-state index contributed by atoms with van der Waals surface area (Å²) in [5, 5.41) is 6.33. The molecule has 1 heterocycles. The van der Waals surface area contributed by atoms with Gasteiger partial charge in [0.25, 0.3) is 5.91 Å². The van der Waals surface area contributed by atoms with E-state index in [1.807, 2.05) is 18.2 Å². The van der Waals surface area contributed by atoms with Crippen LogP contribution in [0.4, 0.5) is 5.69 Å². The summed E-state index contributed by atoms with van der Waals surface area (Å²) in [6.07, 6.45) is 2.10. The van der Waals surface area contributed by atoms with Crippen molar-refractivity contribution < 1.29 is 9.21 Å². The molecule has 0 atom stereocenters. The van der Waals surface area contributed by atoms with Gasteiger partial charge in [0.15, 0.2) is 5.76 Å². The molecule has 1 aliphatic rings. The van der Waals surface area contributed by atoms with Gasteiger partial charge < -0.3 is 9.73 Å². The molecule has 0 saturated heterocycles. The number of hydrogen-bond donors (Lipinski definition) is 1. The van der Waals surface area contributed by atoms with Gasteiger partial charge >= 0.3 is 0 Å². The number of carbonyl (C=O) groups is 1. The van der Waals surface area contributed by atoms with Crippen LogP contribution in [0.5, 0.6) is 0 Å². The topological polar surface area (TPSA) is 42.2 Å². The Bertz CT molecular complexity index is 1210. The molecular weight excluding hydrogens is 393 g/mol. The summed E-state index contributed by atoms with van der Waals surface area (Å²) >= 11 is 12.1. The molecule has 0 spiro atoms. The predicted octanol–water partition coefficient (Wildman–Crippen LogP) is 6.76. The maximum Gasteiger partial charge on any atom is 0.291 e. The highest BCUT2D eigenvalue weighted by molar-refractivity contribution is 6.35. The van der Waals surface area contributed by atoms with Crippen LogP contribution in [-0.4, -0.2) is 5.91 Å². The van der Waals surface area contributed by atoms with Crippen molar-refractivity contribution >= 4 is 45.6 Å². The number of halogens is 2. The minimum absolute atomic E-state index is 0.231. The van der Waals surface area contributed by atoms with E-state index in [-0.39, 0.29) is 11.7 Å². The van der Waals surface area contributed by atoms with E-state index >= 15 is 0 Å². The van der Waals surface area contributed by atoms with E-state index < -0.39 is 0 Å². The number of hydrogen-bond acceptors (Lipinski definition) is 2. The Labute approximate surface area is 171 Å². The second-order valence-corrected chi connectivity index (χ2v) is 7.76. The first-order chi connectivity index (χ1) is 13.6. The third-order valence-electron chi connectivity index (χ3n) is 5.10. The Balaban J connectivity index is 1.46. The van der Waals surface area contributed by atoms with Crippen molar-refractivity contribution in [3.63, 3.8) is 0 Å². The molecule has 3 aromatic carbocycles. The number of amides is 1. The van der Waals surface area contributed by atoms with Crippen LogP contribution in [-0.2, 0) is 12.8 Å². The Morgan fingerprint density at radius 1 is 0.893 bits per heavy atom. The highest BCUT2D eigenvalue weighted by atomic mass is 35.5. The fourth-order valence-corrected chi connectivity index (χ4v) is 4.38. The van der Waals surface area contributed by atoms with Crippen molar-refractivity contribution in [2.75, 3.05) is 5.32 Å². The van der Waals surface area contributed by atoms with E-state index in [9.17, 15) is 4.79 Å². The lowest BCUT2D eigenvalue weighted by Crippen LogP contribution is -2.11. The predicted molar refractivity (Wildman–Crippen MR) is 113 cm³/mol. The van der Waals surface area contributed by atoms with E-state index in [1.54, 1.807) is 30.3 Å². The van der Waals surface area contributed by atoms with Gasteiger partial charge in [-0.05, 0) is 65.8 Å². The highest BCUT2D eigenvalue weighted by Crippen LogP contribution is 2.35. The molecule has 0 aliphatic heterocycles. The molecular formula is C23H15Cl2NO2. The van der Waals surface area contributed by atoms with Crippen molar-refractivity contribution in [3.8, 4) is 11.3 Å². The van der Waals surface area contributed by atoms with Gasteiger partial charge in [-0.3, -0.25) is 4.79 Å². The molecule has 0 bridgehead atoms. The molecule has 138 valence electrons. The number of benzene rings is 3. The molecule has 0 unspecified atom stereocenters. The van der Waals surface area contributed by atoms with Gasteiger partial charge in [0, 0.05) is 26.7 Å². The molecule has 0 fully saturated rings. The molecule has 1 N–H and O–H groups in total. The first-order valence-corrected chi connectivity index (χ1v) is 9.75. The Morgan fingerprint density at radius 2 is 1.64 bits per heavy atom. The summed E-state index contributed by atoms with van der Waals surface area (Å²) in [7, 11) is 0. The van der Waals surface area contributed by atoms with E-state index in [0.29, 0.717) is 15.8 Å². The molecule has 3 nitrogen and oxygen atoms in total. The number of carbonyl (C=O) groups excluding carboxylic acids is 1. The van der Waals surface area contributed by atoms with Gasteiger partial charge in [0.05, 0.1) is 0 Å². The lowest BCUT2D eigenvalue weighted by molar-refractivity contribution is 0.0997. The van der Waals surface area contributed by atoms with Crippen LogP contribution in [0.15, 0.2) is 65.1 Å². The lowest BCUT2D eigenvalue weighted by Gasteiger charge is -2.09. The van der Waals surface area contributed by atoms with E-state index in [4.69, 9.17) is 27.6 Å². The Morgan fingerprint density at radius 3 is 2.43 bits per heavy atom. The molecule has 0 saturated carbocycles. The number of aryl methyl sites for hydroxylation is 2. The van der Waals surface area contributed by atoms with Crippen molar-refractivity contribution in [2.24, 2.45) is 0 Å². The Hall–Kier alpha value is -2.75. The maximum atomic E-state index is 12.8. The van der Waals surface area contributed by atoms with Crippen molar-refractivity contribution in [2.45, 2.75) is 12.8 Å². The average molecular weight is 408 g/mol. The third-order valence-corrected chi connectivity index (χ3v) is 5.54. The molecule has 5 rings (SSSR count). The van der Waals surface area contributed by atoms with E-state index in [1.165, 1.54) is 16.5 Å². The summed E-state index contributed by atoms with van der Waals surface area (Å²) in [4.78, 5) is 12.8. The summed E-state index contributed by atoms with van der Waals surface area (Å²) in [6, 6.07) is 18.8. The van der Waals surface area contributed by atoms with Crippen molar-refractivity contribution in [1.82, 2.24) is 0 Å². The van der Waals surface area contributed by atoms with Crippen LogP contribution in [0.2, 0.25) is 10.0 Å². The molecule has 1 amide bonds. The zero-order chi connectivity index (χ0) is 19.3. The quantitative estimate of drug-likeness (QED) is 0.407. The van der Waals surface area contributed by atoms with Gasteiger partial charge in [-0.15, -0.1) is 0 Å². The number of anilines is 1.